The molecule has 0 aliphatic carbocycles. The maximum Gasteiger partial charge on any atom is 0.134 e. The molecule has 2 aromatic rings. The van der Waals surface area contributed by atoms with Crippen molar-refractivity contribution in [2.24, 2.45) is 5.73 Å². The molecule has 0 aliphatic heterocycles. The van der Waals surface area contributed by atoms with E-state index in [1.807, 2.05) is 43.3 Å². The summed E-state index contributed by atoms with van der Waals surface area (Å²) in [5, 5.41) is 0. The van der Waals surface area contributed by atoms with Gasteiger partial charge in [-0.3, -0.25) is 0 Å². The molecule has 3 nitrogen and oxygen atoms in total. The standard InChI is InChI=1S/C16H20BrNO2/c1-3-14(18)16(15-9-4-11(2)20-15)19-10-12-5-7-13(17)8-6-12/h4-9,14,16H,3,10,18H2,1-2H3. The van der Waals surface area contributed by atoms with Gasteiger partial charge in [-0.25, -0.2) is 0 Å². The van der Waals surface area contributed by atoms with Gasteiger partial charge in [0.05, 0.1) is 6.61 Å². The van der Waals surface area contributed by atoms with Crippen LogP contribution in [0.25, 0.3) is 0 Å². The first-order chi connectivity index (χ1) is 9.60. The fourth-order valence-corrected chi connectivity index (χ4v) is 2.27. The molecule has 1 aromatic carbocycles. The molecule has 1 aromatic heterocycles. The maximum atomic E-state index is 6.15. The summed E-state index contributed by atoms with van der Waals surface area (Å²) in [6, 6.07) is 11.9. The van der Waals surface area contributed by atoms with Crippen molar-refractivity contribution >= 4 is 15.9 Å². The summed E-state index contributed by atoms with van der Waals surface area (Å²) in [4.78, 5) is 0. The van der Waals surface area contributed by atoms with E-state index in [4.69, 9.17) is 14.9 Å². The molecule has 0 amide bonds. The molecule has 2 rings (SSSR count). The minimum Gasteiger partial charge on any atom is -0.464 e. The average molecular weight is 338 g/mol. The zero-order valence-electron chi connectivity index (χ0n) is 11.8. The lowest BCUT2D eigenvalue weighted by molar-refractivity contribution is 0.00703. The molecule has 4 heteroatoms. The van der Waals surface area contributed by atoms with Gasteiger partial charge in [-0.1, -0.05) is 35.0 Å². The highest BCUT2D eigenvalue weighted by Gasteiger charge is 2.22. The van der Waals surface area contributed by atoms with Crippen LogP contribution in [0, 0.1) is 6.92 Å². The Morgan fingerprint density at radius 3 is 2.45 bits per heavy atom. The minimum atomic E-state index is -0.211. The predicted molar refractivity (Wildman–Crippen MR) is 83.4 cm³/mol. The van der Waals surface area contributed by atoms with Gasteiger partial charge in [0.1, 0.15) is 17.6 Å². The highest BCUT2D eigenvalue weighted by Crippen LogP contribution is 2.25. The number of rotatable bonds is 6. The summed E-state index contributed by atoms with van der Waals surface area (Å²) in [7, 11) is 0. The molecule has 1 heterocycles. The summed E-state index contributed by atoms with van der Waals surface area (Å²) in [6.07, 6.45) is 0.627. The quantitative estimate of drug-likeness (QED) is 0.852. The Morgan fingerprint density at radius 1 is 1.20 bits per heavy atom. The zero-order chi connectivity index (χ0) is 14.5. The monoisotopic (exact) mass is 337 g/mol. The number of aryl methyl sites for hydroxylation is 1. The van der Waals surface area contributed by atoms with E-state index >= 15 is 0 Å². The second kappa shape index (κ2) is 7.07. The molecule has 20 heavy (non-hydrogen) atoms. The SMILES string of the molecule is CCC(N)C(OCc1ccc(Br)cc1)c1ccc(C)o1. The van der Waals surface area contributed by atoms with Gasteiger partial charge in [0.25, 0.3) is 0 Å². The van der Waals surface area contributed by atoms with Gasteiger partial charge in [-0.2, -0.15) is 0 Å². The van der Waals surface area contributed by atoms with Crippen LogP contribution in [-0.2, 0) is 11.3 Å². The molecule has 108 valence electrons. The lowest BCUT2D eigenvalue weighted by Gasteiger charge is -2.21. The molecule has 0 saturated heterocycles. The van der Waals surface area contributed by atoms with Crippen molar-refractivity contribution in [3.63, 3.8) is 0 Å². The molecular formula is C16H20BrNO2. The first-order valence-corrected chi connectivity index (χ1v) is 7.57. The number of benzene rings is 1. The Hall–Kier alpha value is -1.10. The Bertz CT molecular complexity index is 536. The van der Waals surface area contributed by atoms with Crippen molar-refractivity contribution in [2.45, 2.75) is 39.0 Å². The van der Waals surface area contributed by atoms with Gasteiger partial charge < -0.3 is 14.9 Å². The van der Waals surface area contributed by atoms with Crippen LogP contribution >= 0.6 is 15.9 Å². The van der Waals surface area contributed by atoms with Crippen LogP contribution in [0.4, 0.5) is 0 Å². The van der Waals surface area contributed by atoms with Crippen LogP contribution in [0.2, 0.25) is 0 Å². The van der Waals surface area contributed by atoms with Gasteiger partial charge in [0.15, 0.2) is 0 Å². The third-order valence-corrected chi connectivity index (χ3v) is 3.77. The Kier molecular flexibility index (Phi) is 5.40. The fourth-order valence-electron chi connectivity index (χ4n) is 2.00. The second-order valence-electron chi connectivity index (χ2n) is 4.88. The summed E-state index contributed by atoms with van der Waals surface area (Å²) in [5.41, 5.74) is 7.27. The normalized spacial score (nSPS) is 14.2. The van der Waals surface area contributed by atoms with E-state index in [-0.39, 0.29) is 12.1 Å². The Morgan fingerprint density at radius 2 is 1.90 bits per heavy atom. The Labute approximate surface area is 128 Å². The number of ether oxygens (including phenoxy) is 1. The van der Waals surface area contributed by atoms with Crippen molar-refractivity contribution in [1.29, 1.82) is 0 Å². The molecule has 2 unspecified atom stereocenters. The molecule has 0 radical (unpaired) electrons. The van der Waals surface area contributed by atoms with E-state index in [1.165, 1.54) is 0 Å². The van der Waals surface area contributed by atoms with Crippen LogP contribution in [0.5, 0.6) is 0 Å². The molecule has 0 fully saturated rings. The lowest BCUT2D eigenvalue weighted by atomic mass is 10.1. The van der Waals surface area contributed by atoms with Crippen LogP contribution in [-0.4, -0.2) is 6.04 Å². The topological polar surface area (TPSA) is 48.4 Å². The third-order valence-electron chi connectivity index (χ3n) is 3.24. The number of hydrogen-bond acceptors (Lipinski definition) is 3. The number of hydrogen-bond donors (Lipinski definition) is 1. The van der Waals surface area contributed by atoms with E-state index in [1.54, 1.807) is 0 Å². The molecule has 0 saturated carbocycles. The Balaban J connectivity index is 2.06. The van der Waals surface area contributed by atoms with Crippen LogP contribution in [0.15, 0.2) is 45.3 Å². The molecular weight excluding hydrogens is 318 g/mol. The highest BCUT2D eigenvalue weighted by molar-refractivity contribution is 9.10. The fraction of sp³-hybridized carbons (Fsp3) is 0.375. The molecule has 0 bridgehead atoms. The van der Waals surface area contributed by atoms with E-state index in [0.717, 1.165) is 28.0 Å². The lowest BCUT2D eigenvalue weighted by Crippen LogP contribution is -2.29. The number of halogens is 1. The van der Waals surface area contributed by atoms with Gasteiger partial charge in [-0.15, -0.1) is 0 Å². The van der Waals surface area contributed by atoms with Gasteiger partial charge in [0, 0.05) is 10.5 Å². The largest absolute Gasteiger partial charge is 0.464 e. The van der Waals surface area contributed by atoms with Crippen molar-refractivity contribution in [1.82, 2.24) is 0 Å². The molecule has 2 N–H and O–H groups in total. The first-order valence-electron chi connectivity index (χ1n) is 6.78. The van der Waals surface area contributed by atoms with Gasteiger partial charge >= 0.3 is 0 Å². The highest BCUT2D eigenvalue weighted by atomic mass is 79.9. The molecule has 0 aliphatic rings. The number of furan rings is 1. The molecule has 0 spiro atoms. The minimum absolute atomic E-state index is 0.0731. The predicted octanol–water partition coefficient (Wildman–Crippen LogP) is 4.35. The van der Waals surface area contributed by atoms with Gasteiger partial charge in [0.2, 0.25) is 0 Å². The van der Waals surface area contributed by atoms with E-state index < -0.39 is 0 Å². The van der Waals surface area contributed by atoms with Crippen LogP contribution in [0.1, 0.15) is 36.5 Å². The van der Waals surface area contributed by atoms with E-state index in [0.29, 0.717) is 6.61 Å². The van der Waals surface area contributed by atoms with Crippen molar-refractivity contribution in [3.8, 4) is 0 Å². The van der Waals surface area contributed by atoms with Crippen LogP contribution < -0.4 is 5.73 Å². The first kappa shape index (κ1) is 15.3. The summed E-state index contributed by atoms with van der Waals surface area (Å²) in [6.45, 7) is 4.49. The average Bonchev–Trinajstić information content (AvgIpc) is 2.87. The van der Waals surface area contributed by atoms with Crippen molar-refractivity contribution in [3.05, 3.63) is 58.0 Å². The van der Waals surface area contributed by atoms with Crippen molar-refractivity contribution < 1.29 is 9.15 Å². The smallest absolute Gasteiger partial charge is 0.134 e. The van der Waals surface area contributed by atoms with E-state index in [2.05, 4.69) is 22.9 Å². The maximum absolute atomic E-state index is 6.15. The second-order valence-corrected chi connectivity index (χ2v) is 5.79. The summed E-state index contributed by atoms with van der Waals surface area (Å²) >= 11 is 3.42. The molecule has 2 atom stereocenters. The van der Waals surface area contributed by atoms with Crippen molar-refractivity contribution in [2.75, 3.05) is 0 Å². The summed E-state index contributed by atoms with van der Waals surface area (Å²) in [5.74, 6) is 1.68. The van der Waals surface area contributed by atoms with Crippen LogP contribution in [0.3, 0.4) is 0 Å². The zero-order valence-corrected chi connectivity index (χ0v) is 13.4. The third kappa shape index (κ3) is 3.95. The number of nitrogens with two attached hydrogens (primary N) is 1. The van der Waals surface area contributed by atoms with E-state index in [9.17, 15) is 0 Å². The van der Waals surface area contributed by atoms with Gasteiger partial charge in [-0.05, 0) is 43.2 Å². The summed E-state index contributed by atoms with van der Waals surface area (Å²) < 4.78 is 12.7.